The van der Waals surface area contributed by atoms with Crippen molar-refractivity contribution in [1.82, 2.24) is 14.7 Å². The number of carbonyl (C=O) groups excluding carboxylic acids is 2. The Balaban J connectivity index is 1.83. The number of piperidine rings is 1. The monoisotopic (exact) mass is 383 g/mol. The molecule has 27 heavy (non-hydrogen) atoms. The van der Waals surface area contributed by atoms with Gasteiger partial charge in [0.25, 0.3) is 0 Å². The van der Waals surface area contributed by atoms with Crippen molar-refractivity contribution in [3.63, 3.8) is 0 Å². The number of esters is 1. The van der Waals surface area contributed by atoms with Crippen LogP contribution in [0.2, 0.25) is 0 Å². The van der Waals surface area contributed by atoms with E-state index in [2.05, 4.69) is 9.84 Å². The van der Waals surface area contributed by atoms with Crippen LogP contribution in [0.15, 0.2) is 24.4 Å². The number of aryl methyl sites for hydroxylation is 1. The van der Waals surface area contributed by atoms with Crippen LogP contribution in [0.5, 0.6) is 0 Å². The SMILES string of the molecule is C[C@H]1CC[C@H](c2ccc3nn(C)cc3c2)N(C(=O)C(=O)OCC(F)(F)F)C1. The second-order valence-electron chi connectivity index (χ2n) is 6.97. The van der Waals surface area contributed by atoms with E-state index in [0.29, 0.717) is 6.42 Å². The zero-order valence-electron chi connectivity index (χ0n) is 15.0. The quantitative estimate of drug-likeness (QED) is 0.591. The van der Waals surface area contributed by atoms with E-state index >= 15 is 0 Å². The third kappa shape index (κ3) is 4.40. The van der Waals surface area contributed by atoms with Gasteiger partial charge in [0.1, 0.15) is 0 Å². The van der Waals surface area contributed by atoms with E-state index in [4.69, 9.17) is 0 Å². The van der Waals surface area contributed by atoms with Crippen LogP contribution in [0.1, 0.15) is 31.4 Å². The van der Waals surface area contributed by atoms with Crippen LogP contribution >= 0.6 is 0 Å². The van der Waals surface area contributed by atoms with Gasteiger partial charge in [-0.05, 0) is 36.5 Å². The molecule has 0 bridgehead atoms. The lowest BCUT2D eigenvalue weighted by Gasteiger charge is -2.38. The molecule has 2 aromatic rings. The first-order valence-electron chi connectivity index (χ1n) is 8.62. The second-order valence-corrected chi connectivity index (χ2v) is 6.97. The molecule has 0 N–H and O–H groups in total. The van der Waals surface area contributed by atoms with Crippen LogP contribution in [0, 0.1) is 5.92 Å². The Morgan fingerprint density at radius 3 is 2.74 bits per heavy atom. The zero-order chi connectivity index (χ0) is 19.8. The summed E-state index contributed by atoms with van der Waals surface area (Å²) in [7, 11) is 1.80. The number of likely N-dealkylation sites (tertiary alicyclic amines) is 1. The first kappa shape index (κ1) is 19.2. The molecule has 9 heteroatoms. The molecular formula is C18H20F3N3O3. The topological polar surface area (TPSA) is 64.4 Å². The minimum Gasteiger partial charge on any atom is -0.449 e. The van der Waals surface area contributed by atoms with Crippen molar-refractivity contribution in [3.8, 4) is 0 Å². The number of hydrogen-bond acceptors (Lipinski definition) is 4. The molecule has 1 aliphatic heterocycles. The van der Waals surface area contributed by atoms with E-state index in [1.807, 2.05) is 31.3 Å². The van der Waals surface area contributed by atoms with Gasteiger partial charge in [-0.2, -0.15) is 18.3 Å². The van der Waals surface area contributed by atoms with Gasteiger partial charge in [0, 0.05) is 25.2 Å². The van der Waals surface area contributed by atoms with Crippen molar-refractivity contribution in [1.29, 1.82) is 0 Å². The predicted molar refractivity (Wildman–Crippen MR) is 90.6 cm³/mol. The lowest BCUT2D eigenvalue weighted by molar-refractivity contribution is -0.190. The van der Waals surface area contributed by atoms with Crippen molar-refractivity contribution in [2.24, 2.45) is 13.0 Å². The Morgan fingerprint density at radius 1 is 1.30 bits per heavy atom. The molecule has 3 rings (SSSR count). The summed E-state index contributed by atoms with van der Waals surface area (Å²) in [5, 5.41) is 5.19. The number of hydrogen-bond donors (Lipinski definition) is 0. The number of rotatable bonds is 2. The molecule has 2 heterocycles. The summed E-state index contributed by atoms with van der Waals surface area (Å²) in [5.74, 6) is -2.38. The van der Waals surface area contributed by atoms with E-state index < -0.39 is 30.7 Å². The van der Waals surface area contributed by atoms with E-state index in [1.165, 1.54) is 4.90 Å². The zero-order valence-corrected chi connectivity index (χ0v) is 15.0. The number of alkyl halides is 3. The predicted octanol–water partition coefficient (Wildman–Crippen LogP) is 2.98. The van der Waals surface area contributed by atoms with Crippen LogP contribution in [0.3, 0.4) is 0 Å². The number of aromatic nitrogens is 2. The van der Waals surface area contributed by atoms with Crippen LogP contribution < -0.4 is 0 Å². The molecule has 1 aromatic heterocycles. The van der Waals surface area contributed by atoms with E-state index in [0.717, 1.165) is 22.9 Å². The van der Waals surface area contributed by atoms with Gasteiger partial charge >= 0.3 is 18.1 Å². The largest absolute Gasteiger partial charge is 0.449 e. The average Bonchev–Trinajstić information content (AvgIpc) is 2.97. The fourth-order valence-electron chi connectivity index (χ4n) is 3.42. The molecule has 146 valence electrons. The summed E-state index contributed by atoms with van der Waals surface area (Å²) in [6.07, 6.45) is -1.37. The molecule has 2 atom stereocenters. The fourth-order valence-corrected chi connectivity index (χ4v) is 3.42. The molecule has 0 radical (unpaired) electrons. The Morgan fingerprint density at radius 2 is 2.04 bits per heavy atom. The summed E-state index contributed by atoms with van der Waals surface area (Å²) in [6, 6.07) is 5.16. The minimum absolute atomic E-state index is 0.141. The van der Waals surface area contributed by atoms with Crippen molar-refractivity contribution >= 4 is 22.8 Å². The highest BCUT2D eigenvalue weighted by atomic mass is 19.4. The lowest BCUT2D eigenvalue weighted by atomic mass is 9.89. The number of amides is 1. The summed E-state index contributed by atoms with van der Waals surface area (Å²) in [4.78, 5) is 25.7. The third-order valence-electron chi connectivity index (χ3n) is 4.65. The highest BCUT2D eigenvalue weighted by Crippen LogP contribution is 2.34. The number of nitrogens with zero attached hydrogens (tertiary/aromatic N) is 3. The third-order valence-corrected chi connectivity index (χ3v) is 4.65. The molecule has 0 saturated carbocycles. The number of ether oxygens (including phenoxy) is 1. The van der Waals surface area contributed by atoms with Crippen LogP contribution in [0.4, 0.5) is 13.2 Å². The molecule has 6 nitrogen and oxygen atoms in total. The van der Waals surface area contributed by atoms with Gasteiger partial charge in [0.15, 0.2) is 6.61 Å². The minimum atomic E-state index is -4.67. The number of halogens is 3. The van der Waals surface area contributed by atoms with Gasteiger partial charge in [0.05, 0.1) is 11.6 Å². The summed E-state index contributed by atoms with van der Waals surface area (Å²) in [5.41, 5.74) is 1.62. The van der Waals surface area contributed by atoms with Gasteiger partial charge < -0.3 is 9.64 Å². The summed E-state index contributed by atoms with van der Waals surface area (Å²) in [6.45, 7) is 0.449. The average molecular weight is 383 g/mol. The maximum atomic E-state index is 12.5. The van der Waals surface area contributed by atoms with Crippen LogP contribution in [-0.2, 0) is 21.4 Å². The van der Waals surface area contributed by atoms with E-state index in [1.54, 1.807) is 11.7 Å². The highest BCUT2D eigenvalue weighted by molar-refractivity contribution is 6.32. The fraction of sp³-hybridized carbons (Fsp3) is 0.500. The number of benzene rings is 1. The van der Waals surface area contributed by atoms with Crippen LogP contribution in [-0.4, -0.2) is 45.9 Å². The highest BCUT2D eigenvalue weighted by Gasteiger charge is 2.37. The van der Waals surface area contributed by atoms with E-state index in [-0.39, 0.29) is 12.5 Å². The normalized spacial score (nSPS) is 20.7. The van der Waals surface area contributed by atoms with Crippen molar-refractivity contribution in [2.45, 2.75) is 32.0 Å². The van der Waals surface area contributed by atoms with Gasteiger partial charge in [-0.1, -0.05) is 13.0 Å². The molecule has 1 fully saturated rings. The number of fused-ring (bicyclic) bond motifs is 1. The van der Waals surface area contributed by atoms with Gasteiger partial charge in [-0.15, -0.1) is 0 Å². The van der Waals surface area contributed by atoms with Gasteiger partial charge in [-0.25, -0.2) is 4.79 Å². The Bertz CT molecular complexity index is 862. The molecule has 1 amide bonds. The first-order chi connectivity index (χ1) is 12.6. The Labute approximate surface area is 153 Å². The van der Waals surface area contributed by atoms with Gasteiger partial charge in [-0.3, -0.25) is 9.48 Å². The maximum absolute atomic E-state index is 12.5. The number of carbonyl (C=O) groups is 2. The van der Waals surface area contributed by atoms with Crippen molar-refractivity contribution < 1.29 is 27.5 Å². The Kier molecular flexibility index (Phi) is 5.12. The molecule has 1 aromatic carbocycles. The standard InChI is InChI=1S/C18H20F3N3O3/c1-11-3-6-15(12-4-5-14-13(7-12)9-23(2)22-14)24(8-11)16(25)17(26)27-10-18(19,20)21/h4-5,7,9,11,15H,3,6,8,10H2,1-2H3/t11-,15+/m0/s1. The maximum Gasteiger partial charge on any atom is 0.422 e. The van der Waals surface area contributed by atoms with Crippen molar-refractivity contribution in [2.75, 3.05) is 13.2 Å². The van der Waals surface area contributed by atoms with E-state index in [9.17, 15) is 22.8 Å². The lowest BCUT2D eigenvalue weighted by Crippen LogP contribution is -2.45. The smallest absolute Gasteiger partial charge is 0.422 e. The van der Waals surface area contributed by atoms with Crippen molar-refractivity contribution in [3.05, 3.63) is 30.0 Å². The first-order valence-corrected chi connectivity index (χ1v) is 8.62. The summed E-state index contributed by atoms with van der Waals surface area (Å²) < 4.78 is 42.6. The van der Waals surface area contributed by atoms with Gasteiger partial charge in [0.2, 0.25) is 0 Å². The Hall–Kier alpha value is -2.58. The molecule has 0 unspecified atom stereocenters. The molecule has 1 aliphatic rings. The second kappa shape index (κ2) is 7.21. The molecule has 1 saturated heterocycles. The molecule has 0 spiro atoms. The summed E-state index contributed by atoms with van der Waals surface area (Å²) >= 11 is 0. The van der Waals surface area contributed by atoms with Crippen LogP contribution in [0.25, 0.3) is 10.9 Å². The molecular weight excluding hydrogens is 363 g/mol. The molecule has 0 aliphatic carbocycles.